The summed E-state index contributed by atoms with van der Waals surface area (Å²) in [6.45, 7) is 7.08. The van der Waals surface area contributed by atoms with Gasteiger partial charge in [0.2, 0.25) is 5.91 Å². The Labute approximate surface area is 127 Å². The number of nitrogens with zero attached hydrogens (tertiary/aromatic N) is 3. The molecule has 1 N–H and O–H groups in total. The Morgan fingerprint density at radius 3 is 2.76 bits per heavy atom. The summed E-state index contributed by atoms with van der Waals surface area (Å²) < 4.78 is 2.12. The quantitative estimate of drug-likeness (QED) is 0.748. The topological polar surface area (TPSA) is 50.2 Å². The first-order valence-corrected chi connectivity index (χ1v) is 8.27. The van der Waals surface area contributed by atoms with Gasteiger partial charge in [-0.25, -0.2) is 0 Å². The van der Waals surface area contributed by atoms with Crippen LogP contribution in [-0.4, -0.2) is 40.2 Å². The first-order chi connectivity index (χ1) is 10.2. The van der Waals surface area contributed by atoms with E-state index in [1.807, 2.05) is 18.7 Å². The summed E-state index contributed by atoms with van der Waals surface area (Å²) in [7, 11) is 0. The van der Waals surface area contributed by atoms with Crippen LogP contribution in [0.1, 0.15) is 57.7 Å². The van der Waals surface area contributed by atoms with Gasteiger partial charge in [-0.3, -0.25) is 9.48 Å². The third-order valence-electron chi connectivity index (χ3n) is 4.30. The summed E-state index contributed by atoms with van der Waals surface area (Å²) in [5.74, 6) is 0.226. The molecule has 1 heterocycles. The van der Waals surface area contributed by atoms with Crippen LogP contribution in [0.4, 0.5) is 0 Å². The molecule has 1 aliphatic carbocycles. The second-order valence-corrected chi connectivity index (χ2v) is 5.72. The summed E-state index contributed by atoms with van der Waals surface area (Å²) in [5.41, 5.74) is 1.07. The van der Waals surface area contributed by atoms with E-state index in [1.54, 1.807) is 0 Å². The van der Waals surface area contributed by atoms with Crippen molar-refractivity contribution in [3.05, 3.63) is 18.0 Å². The van der Waals surface area contributed by atoms with E-state index < -0.39 is 0 Å². The fourth-order valence-electron chi connectivity index (χ4n) is 2.99. The number of rotatable bonds is 8. The third kappa shape index (κ3) is 4.56. The summed E-state index contributed by atoms with van der Waals surface area (Å²) in [6, 6.07) is 2.68. The highest BCUT2D eigenvalue weighted by molar-refractivity contribution is 5.76. The smallest absolute Gasteiger partial charge is 0.223 e. The Morgan fingerprint density at radius 1 is 1.38 bits per heavy atom. The van der Waals surface area contributed by atoms with Crippen LogP contribution in [0.3, 0.4) is 0 Å². The summed E-state index contributed by atoms with van der Waals surface area (Å²) >= 11 is 0. The van der Waals surface area contributed by atoms with Crippen LogP contribution in [0.15, 0.2) is 12.3 Å². The first-order valence-electron chi connectivity index (χ1n) is 8.27. The Bertz CT molecular complexity index is 433. The second kappa shape index (κ2) is 8.17. The minimum Gasteiger partial charge on any atom is -0.343 e. The zero-order valence-corrected chi connectivity index (χ0v) is 13.3. The van der Waals surface area contributed by atoms with Crippen molar-refractivity contribution in [2.45, 2.75) is 58.5 Å². The third-order valence-corrected chi connectivity index (χ3v) is 4.30. The van der Waals surface area contributed by atoms with Gasteiger partial charge in [-0.2, -0.15) is 5.10 Å². The summed E-state index contributed by atoms with van der Waals surface area (Å²) in [6.07, 6.45) is 7.82. The maximum absolute atomic E-state index is 11.9. The van der Waals surface area contributed by atoms with Gasteiger partial charge < -0.3 is 10.2 Å². The monoisotopic (exact) mass is 292 g/mol. The van der Waals surface area contributed by atoms with Crippen molar-refractivity contribution in [2.75, 3.05) is 19.6 Å². The molecule has 0 atom stereocenters. The lowest BCUT2D eigenvalue weighted by Gasteiger charge is -2.18. The van der Waals surface area contributed by atoms with E-state index in [9.17, 15) is 4.79 Å². The van der Waals surface area contributed by atoms with Gasteiger partial charge in [0, 0.05) is 38.8 Å². The molecular formula is C16H28N4O. The highest BCUT2D eigenvalue weighted by atomic mass is 16.2. The van der Waals surface area contributed by atoms with Crippen LogP contribution in [0.5, 0.6) is 0 Å². The number of aromatic nitrogens is 2. The van der Waals surface area contributed by atoms with Crippen LogP contribution in [0, 0.1) is 0 Å². The molecule has 5 heteroatoms. The van der Waals surface area contributed by atoms with Gasteiger partial charge in [0.1, 0.15) is 0 Å². The van der Waals surface area contributed by atoms with Crippen molar-refractivity contribution in [1.29, 1.82) is 0 Å². The van der Waals surface area contributed by atoms with Crippen molar-refractivity contribution >= 4 is 5.91 Å². The van der Waals surface area contributed by atoms with Crippen molar-refractivity contribution in [3.63, 3.8) is 0 Å². The molecule has 5 nitrogen and oxygen atoms in total. The molecular weight excluding hydrogens is 264 g/mol. The second-order valence-electron chi connectivity index (χ2n) is 5.72. The van der Waals surface area contributed by atoms with Crippen molar-refractivity contribution in [1.82, 2.24) is 20.0 Å². The van der Waals surface area contributed by atoms with E-state index >= 15 is 0 Å². The van der Waals surface area contributed by atoms with E-state index in [1.165, 1.54) is 25.7 Å². The number of carbonyl (C=O) groups is 1. The molecule has 21 heavy (non-hydrogen) atoms. The van der Waals surface area contributed by atoms with Crippen LogP contribution in [0.2, 0.25) is 0 Å². The molecule has 0 saturated heterocycles. The normalized spacial score (nSPS) is 15.5. The summed E-state index contributed by atoms with van der Waals surface area (Å²) in [5, 5.41) is 7.95. The van der Waals surface area contributed by atoms with Crippen LogP contribution >= 0.6 is 0 Å². The molecule has 2 rings (SSSR count). The molecule has 1 saturated carbocycles. The molecule has 1 aliphatic rings. The molecule has 1 fully saturated rings. The van der Waals surface area contributed by atoms with E-state index in [0.717, 1.165) is 25.3 Å². The number of carbonyl (C=O) groups excluding carboxylic acids is 1. The zero-order chi connectivity index (χ0) is 15.1. The van der Waals surface area contributed by atoms with Crippen LogP contribution in [-0.2, 0) is 11.3 Å². The zero-order valence-electron chi connectivity index (χ0n) is 13.3. The highest BCUT2D eigenvalue weighted by Crippen LogP contribution is 2.28. The molecule has 1 amide bonds. The average molecular weight is 292 g/mol. The molecule has 0 aliphatic heterocycles. The van der Waals surface area contributed by atoms with Gasteiger partial charge in [-0.1, -0.05) is 12.8 Å². The number of hydrogen-bond donors (Lipinski definition) is 1. The largest absolute Gasteiger partial charge is 0.343 e. The van der Waals surface area contributed by atoms with Crippen molar-refractivity contribution in [3.8, 4) is 0 Å². The lowest BCUT2D eigenvalue weighted by Crippen LogP contribution is -2.32. The molecule has 0 spiro atoms. The van der Waals surface area contributed by atoms with Gasteiger partial charge in [-0.15, -0.1) is 0 Å². The fraction of sp³-hybridized carbons (Fsp3) is 0.750. The van der Waals surface area contributed by atoms with Gasteiger partial charge in [0.15, 0.2) is 0 Å². The Morgan fingerprint density at radius 2 is 2.10 bits per heavy atom. The van der Waals surface area contributed by atoms with Crippen molar-refractivity contribution in [2.24, 2.45) is 0 Å². The Kier molecular flexibility index (Phi) is 6.23. The van der Waals surface area contributed by atoms with E-state index in [4.69, 9.17) is 0 Å². The van der Waals surface area contributed by atoms with Crippen LogP contribution < -0.4 is 5.32 Å². The minimum atomic E-state index is 0.226. The average Bonchev–Trinajstić information content (AvgIpc) is 3.15. The van der Waals surface area contributed by atoms with Gasteiger partial charge in [0.25, 0.3) is 0 Å². The van der Waals surface area contributed by atoms with Gasteiger partial charge in [-0.05, 0) is 32.8 Å². The molecule has 0 bridgehead atoms. The number of hydrogen-bond acceptors (Lipinski definition) is 3. The molecule has 1 aromatic rings. The standard InChI is InChI=1S/C16H28N4O/c1-3-19(4-2)16(21)9-11-17-13-14-10-12-20(18-14)15-7-5-6-8-15/h10,12,15,17H,3-9,11,13H2,1-2H3. The van der Waals surface area contributed by atoms with Gasteiger partial charge in [0.05, 0.1) is 11.7 Å². The molecule has 0 aromatic carbocycles. The lowest BCUT2D eigenvalue weighted by molar-refractivity contribution is -0.130. The Balaban J connectivity index is 1.68. The molecule has 0 radical (unpaired) electrons. The molecule has 118 valence electrons. The maximum Gasteiger partial charge on any atom is 0.223 e. The SMILES string of the molecule is CCN(CC)C(=O)CCNCc1ccn(C2CCCC2)n1. The minimum absolute atomic E-state index is 0.226. The highest BCUT2D eigenvalue weighted by Gasteiger charge is 2.17. The predicted octanol–water partition coefficient (Wildman–Crippen LogP) is 2.35. The molecule has 0 unspecified atom stereocenters. The first kappa shape index (κ1) is 16.0. The Hall–Kier alpha value is -1.36. The number of nitrogens with one attached hydrogen (secondary N) is 1. The lowest BCUT2D eigenvalue weighted by atomic mass is 10.3. The van der Waals surface area contributed by atoms with Crippen molar-refractivity contribution < 1.29 is 4.79 Å². The van der Waals surface area contributed by atoms with Gasteiger partial charge >= 0.3 is 0 Å². The number of amides is 1. The van der Waals surface area contributed by atoms with E-state index in [-0.39, 0.29) is 5.91 Å². The van der Waals surface area contributed by atoms with E-state index in [2.05, 4.69) is 27.4 Å². The maximum atomic E-state index is 11.9. The summed E-state index contributed by atoms with van der Waals surface area (Å²) in [4.78, 5) is 13.7. The van der Waals surface area contributed by atoms with E-state index in [0.29, 0.717) is 19.0 Å². The fourth-order valence-corrected chi connectivity index (χ4v) is 2.99. The molecule has 1 aromatic heterocycles. The predicted molar refractivity (Wildman–Crippen MR) is 84.0 cm³/mol. The van der Waals surface area contributed by atoms with Crippen LogP contribution in [0.25, 0.3) is 0 Å².